The zero-order valence-electron chi connectivity index (χ0n) is 12.4. The maximum absolute atomic E-state index is 13.0. The van der Waals surface area contributed by atoms with Crippen molar-refractivity contribution in [2.45, 2.75) is 31.8 Å². The quantitative estimate of drug-likeness (QED) is 0.858. The smallest absolute Gasteiger partial charge is 0.325 e. The molecular formula is C16H14ClN3O3. The van der Waals surface area contributed by atoms with Gasteiger partial charge in [0.05, 0.1) is 6.54 Å². The molecule has 23 heavy (non-hydrogen) atoms. The first kappa shape index (κ1) is 14.3. The zero-order valence-corrected chi connectivity index (χ0v) is 13.2. The number of benzene rings is 1. The lowest BCUT2D eigenvalue weighted by Gasteiger charge is -2.22. The van der Waals surface area contributed by atoms with Crippen LogP contribution in [0.3, 0.4) is 0 Å². The van der Waals surface area contributed by atoms with Gasteiger partial charge in [-0.25, -0.2) is 4.79 Å². The standard InChI is InChI=1S/C16H14ClN3O3/c1-9-8-23-19-13(9)7-20-14(21)16(18-15(20)22)5-4-10-6-11(17)2-3-12(10)16/h2-3,6,8H,4-5,7H2,1H3,(H,18,22). The molecule has 1 aromatic heterocycles. The number of nitrogens with one attached hydrogen (secondary N) is 1. The third-order valence-electron chi connectivity index (χ3n) is 4.63. The van der Waals surface area contributed by atoms with Crippen LogP contribution in [-0.4, -0.2) is 22.0 Å². The molecule has 6 nitrogen and oxygen atoms in total. The summed E-state index contributed by atoms with van der Waals surface area (Å²) in [6, 6.07) is 5.03. The van der Waals surface area contributed by atoms with E-state index in [9.17, 15) is 9.59 Å². The molecule has 2 aliphatic rings. The number of imide groups is 1. The predicted octanol–water partition coefficient (Wildman–Crippen LogP) is 2.53. The van der Waals surface area contributed by atoms with Crippen LogP contribution in [0.2, 0.25) is 5.02 Å². The summed E-state index contributed by atoms with van der Waals surface area (Å²) in [6.07, 6.45) is 2.75. The highest BCUT2D eigenvalue weighted by Gasteiger charge is 2.55. The molecule has 0 radical (unpaired) electrons. The Hall–Kier alpha value is -2.34. The molecule has 1 unspecified atom stereocenters. The average molecular weight is 332 g/mol. The van der Waals surface area contributed by atoms with Crippen LogP contribution in [0.5, 0.6) is 0 Å². The Bertz CT molecular complexity index is 832. The van der Waals surface area contributed by atoms with E-state index in [-0.39, 0.29) is 12.5 Å². The summed E-state index contributed by atoms with van der Waals surface area (Å²) in [5.74, 6) is -0.244. The second-order valence-electron chi connectivity index (χ2n) is 5.97. The van der Waals surface area contributed by atoms with Crippen molar-refractivity contribution in [3.63, 3.8) is 0 Å². The first-order chi connectivity index (χ1) is 11.0. The first-order valence-corrected chi connectivity index (χ1v) is 7.72. The van der Waals surface area contributed by atoms with E-state index in [4.69, 9.17) is 16.1 Å². The molecule has 2 aromatic rings. The molecule has 0 bridgehead atoms. The molecule has 2 heterocycles. The summed E-state index contributed by atoms with van der Waals surface area (Å²) in [5.41, 5.74) is 2.25. The van der Waals surface area contributed by atoms with E-state index in [1.165, 1.54) is 11.2 Å². The molecule has 1 atom stereocenters. The summed E-state index contributed by atoms with van der Waals surface area (Å²) in [6.45, 7) is 1.94. The summed E-state index contributed by atoms with van der Waals surface area (Å²) in [7, 11) is 0. The SMILES string of the molecule is Cc1conc1CN1C(=O)NC2(CCc3cc(Cl)ccc32)C1=O. The fourth-order valence-corrected chi connectivity index (χ4v) is 3.57. The second kappa shape index (κ2) is 4.83. The van der Waals surface area contributed by atoms with Crippen LogP contribution in [0.4, 0.5) is 4.79 Å². The molecule has 1 aliphatic heterocycles. The fourth-order valence-electron chi connectivity index (χ4n) is 3.38. The van der Waals surface area contributed by atoms with Gasteiger partial charge in [-0.1, -0.05) is 22.8 Å². The molecule has 0 saturated carbocycles. The molecule has 7 heteroatoms. The van der Waals surface area contributed by atoms with Crippen molar-refractivity contribution in [1.29, 1.82) is 0 Å². The lowest BCUT2D eigenvalue weighted by molar-refractivity contribution is -0.132. The molecule has 3 amide bonds. The molecule has 1 saturated heterocycles. The Balaban J connectivity index is 1.70. The molecule has 1 N–H and O–H groups in total. The highest BCUT2D eigenvalue weighted by Crippen LogP contribution is 2.42. The number of carbonyl (C=O) groups is 2. The molecule has 4 rings (SSSR count). The molecule has 1 aliphatic carbocycles. The molecule has 1 spiro atoms. The number of hydrogen-bond donors (Lipinski definition) is 1. The molecule has 1 aromatic carbocycles. The Morgan fingerprint density at radius 1 is 1.43 bits per heavy atom. The van der Waals surface area contributed by atoms with Gasteiger partial charge in [0.15, 0.2) is 0 Å². The number of halogens is 1. The second-order valence-corrected chi connectivity index (χ2v) is 6.41. The van der Waals surface area contributed by atoms with Crippen molar-refractivity contribution >= 4 is 23.5 Å². The van der Waals surface area contributed by atoms with Gasteiger partial charge in [0.25, 0.3) is 5.91 Å². The fraction of sp³-hybridized carbons (Fsp3) is 0.312. The third kappa shape index (κ3) is 1.98. The summed E-state index contributed by atoms with van der Waals surface area (Å²) < 4.78 is 4.88. The maximum Gasteiger partial charge on any atom is 0.325 e. The first-order valence-electron chi connectivity index (χ1n) is 7.34. The Morgan fingerprint density at radius 3 is 3.00 bits per heavy atom. The van der Waals surface area contributed by atoms with Gasteiger partial charge in [-0.15, -0.1) is 0 Å². The van der Waals surface area contributed by atoms with Gasteiger partial charge in [0, 0.05) is 10.6 Å². The van der Waals surface area contributed by atoms with E-state index in [0.29, 0.717) is 23.6 Å². The van der Waals surface area contributed by atoms with Crippen LogP contribution in [0.25, 0.3) is 0 Å². The van der Waals surface area contributed by atoms with Crippen molar-refractivity contribution < 1.29 is 14.1 Å². The van der Waals surface area contributed by atoms with Crippen LogP contribution in [0.1, 0.15) is 28.8 Å². The Labute approximate surface area is 137 Å². The number of aromatic nitrogens is 1. The number of carbonyl (C=O) groups excluding carboxylic acids is 2. The van der Waals surface area contributed by atoms with Gasteiger partial charge in [0.1, 0.15) is 17.5 Å². The third-order valence-corrected chi connectivity index (χ3v) is 4.86. The van der Waals surface area contributed by atoms with Crippen LogP contribution < -0.4 is 5.32 Å². The minimum atomic E-state index is -0.978. The lowest BCUT2D eigenvalue weighted by atomic mass is 9.92. The highest BCUT2D eigenvalue weighted by molar-refractivity contribution is 6.30. The van der Waals surface area contributed by atoms with Gasteiger partial charge in [-0.05, 0) is 43.0 Å². The maximum atomic E-state index is 13.0. The van der Waals surface area contributed by atoms with Crippen LogP contribution in [-0.2, 0) is 23.3 Å². The van der Waals surface area contributed by atoms with E-state index in [1.807, 2.05) is 19.1 Å². The van der Waals surface area contributed by atoms with Crippen molar-refractivity contribution in [3.05, 3.63) is 51.9 Å². The number of rotatable bonds is 2. The number of hydrogen-bond acceptors (Lipinski definition) is 4. The van der Waals surface area contributed by atoms with Gasteiger partial charge in [-0.3, -0.25) is 9.69 Å². The van der Waals surface area contributed by atoms with Crippen molar-refractivity contribution in [3.8, 4) is 0 Å². The van der Waals surface area contributed by atoms with Gasteiger partial charge in [-0.2, -0.15) is 0 Å². The highest BCUT2D eigenvalue weighted by atomic mass is 35.5. The Morgan fingerprint density at radius 2 is 2.26 bits per heavy atom. The normalized spacial score (nSPS) is 22.8. The monoisotopic (exact) mass is 331 g/mol. The van der Waals surface area contributed by atoms with Gasteiger partial charge < -0.3 is 9.84 Å². The zero-order chi connectivity index (χ0) is 16.2. The molecular weight excluding hydrogens is 318 g/mol. The summed E-state index contributed by atoms with van der Waals surface area (Å²) in [4.78, 5) is 26.5. The van der Waals surface area contributed by atoms with E-state index in [1.54, 1.807) is 6.07 Å². The van der Waals surface area contributed by atoms with Crippen molar-refractivity contribution in [2.75, 3.05) is 0 Å². The van der Waals surface area contributed by atoms with E-state index in [0.717, 1.165) is 16.7 Å². The average Bonchev–Trinajstić information content (AvgIpc) is 3.14. The van der Waals surface area contributed by atoms with Gasteiger partial charge >= 0.3 is 6.03 Å². The van der Waals surface area contributed by atoms with E-state index in [2.05, 4.69) is 10.5 Å². The van der Waals surface area contributed by atoms with Crippen molar-refractivity contribution in [2.24, 2.45) is 0 Å². The van der Waals surface area contributed by atoms with Crippen LogP contribution in [0.15, 0.2) is 29.0 Å². The summed E-state index contributed by atoms with van der Waals surface area (Å²) in [5, 5.41) is 7.36. The van der Waals surface area contributed by atoms with Gasteiger partial charge in [0.2, 0.25) is 0 Å². The largest absolute Gasteiger partial charge is 0.364 e. The predicted molar refractivity (Wildman–Crippen MR) is 81.8 cm³/mol. The topological polar surface area (TPSA) is 75.4 Å². The van der Waals surface area contributed by atoms with Crippen molar-refractivity contribution in [1.82, 2.24) is 15.4 Å². The van der Waals surface area contributed by atoms with E-state index < -0.39 is 11.6 Å². The Kier molecular flexibility index (Phi) is 2.99. The molecule has 1 fully saturated rings. The number of aryl methyl sites for hydroxylation is 2. The summed E-state index contributed by atoms with van der Waals surface area (Å²) >= 11 is 6.02. The minimum absolute atomic E-state index is 0.109. The number of fused-ring (bicyclic) bond motifs is 2. The number of nitrogens with zero attached hydrogens (tertiary/aromatic N) is 2. The number of urea groups is 1. The minimum Gasteiger partial charge on any atom is -0.364 e. The van der Waals surface area contributed by atoms with E-state index >= 15 is 0 Å². The van der Waals surface area contributed by atoms with Crippen LogP contribution in [0, 0.1) is 6.92 Å². The molecule has 118 valence electrons. The lowest BCUT2D eigenvalue weighted by Crippen LogP contribution is -2.41. The number of amides is 3. The van der Waals surface area contributed by atoms with Crippen LogP contribution >= 0.6 is 11.6 Å².